The number of esters is 1. The summed E-state index contributed by atoms with van der Waals surface area (Å²) in [7, 11) is 0. The van der Waals surface area contributed by atoms with Crippen LogP contribution in [-0.2, 0) is 6.42 Å². The molecular formula is C18H20O4. The Morgan fingerprint density at radius 3 is 2.68 bits per heavy atom. The monoisotopic (exact) mass is 300 g/mol. The summed E-state index contributed by atoms with van der Waals surface area (Å²) in [5.74, 6) is 0.831. The van der Waals surface area contributed by atoms with E-state index in [-0.39, 0.29) is 11.2 Å². The average Bonchev–Trinajstić information content (AvgIpc) is 2.75. The molecule has 3 rings (SSSR count). The van der Waals surface area contributed by atoms with Crippen molar-refractivity contribution in [2.24, 2.45) is 5.41 Å². The van der Waals surface area contributed by atoms with E-state index in [0.29, 0.717) is 29.9 Å². The van der Waals surface area contributed by atoms with Crippen molar-refractivity contribution in [2.75, 3.05) is 0 Å². The number of carbonyl (C=O) groups excluding carboxylic acids is 1. The smallest absolute Gasteiger partial charge is 0.379 e. The third kappa shape index (κ3) is 2.66. The quantitative estimate of drug-likeness (QED) is 0.676. The number of benzene rings is 1. The Bertz CT molecular complexity index is 697. The first kappa shape index (κ1) is 14.9. The van der Waals surface area contributed by atoms with Crippen molar-refractivity contribution in [3.05, 3.63) is 53.0 Å². The Kier molecular flexibility index (Phi) is 3.57. The maximum atomic E-state index is 12.3. The molecule has 4 nitrogen and oxygen atoms in total. The Labute approximate surface area is 129 Å². The highest BCUT2D eigenvalue weighted by Crippen LogP contribution is 2.44. The van der Waals surface area contributed by atoms with E-state index < -0.39 is 12.1 Å². The van der Waals surface area contributed by atoms with E-state index in [1.54, 1.807) is 31.2 Å². The van der Waals surface area contributed by atoms with Gasteiger partial charge in [-0.1, -0.05) is 32.0 Å². The molecule has 1 aromatic heterocycles. The maximum Gasteiger partial charge on any atom is 0.379 e. The Hall–Kier alpha value is -2.07. The number of aliphatic hydroxyl groups excluding tert-OH is 1. The molecule has 0 bridgehead atoms. The molecule has 1 aliphatic rings. The van der Waals surface area contributed by atoms with Crippen LogP contribution in [0.2, 0.25) is 0 Å². The molecule has 22 heavy (non-hydrogen) atoms. The fraction of sp³-hybridized carbons (Fsp3) is 0.389. The summed E-state index contributed by atoms with van der Waals surface area (Å²) in [6.07, 6.45) is 0.771. The van der Waals surface area contributed by atoms with E-state index >= 15 is 0 Å². The second-order valence-corrected chi connectivity index (χ2v) is 6.66. The van der Waals surface area contributed by atoms with Gasteiger partial charge in [0.05, 0.1) is 6.10 Å². The zero-order chi connectivity index (χ0) is 15.9. The van der Waals surface area contributed by atoms with Crippen LogP contribution in [0.15, 0.2) is 34.7 Å². The molecule has 1 aliphatic carbocycles. The molecule has 0 saturated heterocycles. The highest BCUT2D eigenvalue weighted by Gasteiger charge is 2.37. The molecule has 1 unspecified atom stereocenters. The Morgan fingerprint density at radius 1 is 1.32 bits per heavy atom. The molecule has 0 spiro atoms. The van der Waals surface area contributed by atoms with Crippen molar-refractivity contribution in [1.82, 2.24) is 0 Å². The number of aliphatic hydroxyl groups is 1. The van der Waals surface area contributed by atoms with Gasteiger partial charge in [0.25, 0.3) is 0 Å². The largest absolute Gasteiger partial charge is 0.453 e. The lowest BCUT2D eigenvalue weighted by Crippen LogP contribution is -2.24. The van der Waals surface area contributed by atoms with Crippen molar-refractivity contribution in [2.45, 2.75) is 39.7 Å². The first-order valence-corrected chi connectivity index (χ1v) is 7.45. The van der Waals surface area contributed by atoms with Gasteiger partial charge < -0.3 is 14.3 Å². The van der Waals surface area contributed by atoms with Crippen LogP contribution in [0.5, 0.6) is 5.75 Å². The lowest BCUT2D eigenvalue weighted by molar-refractivity contribution is 0.0690. The number of rotatable bonds is 2. The van der Waals surface area contributed by atoms with E-state index in [9.17, 15) is 9.90 Å². The van der Waals surface area contributed by atoms with Crippen LogP contribution in [0.1, 0.15) is 53.8 Å². The Morgan fingerprint density at radius 2 is 2.00 bits per heavy atom. The summed E-state index contributed by atoms with van der Waals surface area (Å²) in [6, 6.07) is 8.89. The minimum Gasteiger partial charge on any atom is -0.453 e. The van der Waals surface area contributed by atoms with Crippen LogP contribution in [0.25, 0.3) is 0 Å². The van der Waals surface area contributed by atoms with Crippen molar-refractivity contribution in [3.63, 3.8) is 0 Å². The summed E-state index contributed by atoms with van der Waals surface area (Å²) in [4.78, 5) is 12.3. The normalized spacial score (nSPS) is 19.5. The van der Waals surface area contributed by atoms with Crippen LogP contribution in [0.3, 0.4) is 0 Å². The molecule has 0 fully saturated rings. The zero-order valence-corrected chi connectivity index (χ0v) is 13.1. The topological polar surface area (TPSA) is 59.7 Å². The predicted octanol–water partition coefficient (Wildman–Crippen LogP) is 3.81. The van der Waals surface area contributed by atoms with E-state index in [1.165, 1.54) is 0 Å². The second kappa shape index (κ2) is 5.29. The third-order valence-corrected chi connectivity index (χ3v) is 4.13. The second-order valence-electron chi connectivity index (χ2n) is 6.66. The number of hydrogen-bond donors (Lipinski definition) is 1. The summed E-state index contributed by atoms with van der Waals surface area (Å²) in [6.45, 7) is 5.96. The van der Waals surface area contributed by atoms with Gasteiger partial charge in [0, 0.05) is 17.5 Å². The fourth-order valence-corrected chi connectivity index (χ4v) is 3.12. The number of para-hydroxylation sites is 1. The number of furan rings is 1. The maximum absolute atomic E-state index is 12.3. The number of hydrogen-bond acceptors (Lipinski definition) is 4. The number of ether oxygens (including phenoxy) is 1. The first-order valence-electron chi connectivity index (χ1n) is 7.45. The molecule has 1 atom stereocenters. The Balaban J connectivity index is 1.91. The van der Waals surface area contributed by atoms with Crippen molar-refractivity contribution in [1.29, 1.82) is 0 Å². The van der Waals surface area contributed by atoms with Crippen molar-refractivity contribution < 1.29 is 19.1 Å². The van der Waals surface area contributed by atoms with Crippen LogP contribution < -0.4 is 4.74 Å². The average molecular weight is 300 g/mol. The SMILES string of the molecule is Cc1c(C(=O)Oc2ccccc2)oc2c1C(O)CC(C)(C)C2. The molecule has 0 amide bonds. The summed E-state index contributed by atoms with van der Waals surface area (Å²) >= 11 is 0. The van der Waals surface area contributed by atoms with Crippen molar-refractivity contribution in [3.8, 4) is 5.75 Å². The first-order chi connectivity index (χ1) is 10.4. The van der Waals surface area contributed by atoms with Gasteiger partial charge in [-0.05, 0) is 30.9 Å². The zero-order valence-electron chi connectivity index (χ0n) is 13.1. The predicted molar refractivity (Wildman–Crippen MR) is 81.9 cm³/mol. The van der Waals surface area contributed by atoms with Gasteiger partial charge in [-0.25, -0.2) is 4.79 Å². The van der Waals surface area contributed by atoms with Gasteiger partial charge >= 0.3 is 5.97 Å². The lowest BCUT2D eigenvalue weighted by atomic mass is 9.75. The van der Waals surface area contributed by atoms with E-state index in [0.717, 1.165) is 5.56 Å². The molecule has 0 radical (unpaired) electrons. The van der Waals surface area contributed by atoms with Gasteiger partial charge in [-0.3, -0.25) is 0 Å². The van der Waals surface area contributed by atoms with Crippen LogP contribution in [0, 0.1) is 12.3 Å². The minimum absolute atomic E-state index is 0.0443. The highest BCUT2D eigenvalue weighted by molar-refractivity contribution is 5.90. The van der Waals surface area contributed by atoms with E-state index in [4.69, 9.17) is 9.15 Å². The standard InChI is InChI=1S/C18H20O4/c1-11-15-13(19)9-18(2,3)10-14(15)22-16(11)17(20)21-12-7-5-4-6-8-12/h4-8,13,19H,9-10H2,1-3H3. The van der Waals surface area contributed by atoms with Gasteiger partial charge in [-0.15, -0.1) is 0 Å². The van der Waals surface area contributed by atoms with Crippen LogP contribution in [0.4, 0.5) is 0 Å². The van der Waals surface area contributed by atoms with Gasteiger partial charge in [0.2, 0.25) is 5.76 Å². The fourth-order valence-electron chi connectivity index (χ4n) is 3.12. The minimum atomic E-state index is -0.597. The third-order valence-electron chi connectivity index (χ3n) is 4.13. The van der Waals surface area contributed by atoms with E-state index in [2.05, 4.69) is 13.8 Å². The molecular weight excluding hydrogens is 280 g/mol. The summed E-state index contributed by atoms with van der Waals surface area (Å²) in [5.41, 5.74) is 1.38. The van der Waals surface area contributed by atoms with Gasteiger partial charge in [-0.2, -0.15) is 0 Å². The summed E-state index contributed by atoms with van der Waals surface area (Å²) in [5, 5.41) is 10.4. The molecule has 1 N–H and O–H groups in total. The van der Waals surface area contributed by atoms with Gasteiger partial charge in [0.1, 0.15) is 11.5 Å². The lowest BCUT2D eigenvalue weighted by Gasteiger charge is -2.31. The molecule has 4 heteroatoms. The molecule has 0 saturated carbocycles. The van der Waals surface area contributed by atoms with Crippen LogP contribution in [-0.4, -0.2) is 11.1 Å². The molecule has 116 valence electrons. The highest BCUT2D eigenvalue weighted by atomic mass is 16.5. The molecule has 1 aromatic carbocycles. The molecule has 0 aliphatic heterocycles. The summed E-state index contributed by atoms with van der Waals surface area (Å²) < 4.78 is 11.1. The molecule has 2 aromatic rings. The van der Waals surface area contributed by atoms with Gasteiger partial charge in [0.15, 0.2) is 0 Å². The van der Waals surface area contributed by atoms with E-state index in [1.807, 2.05) is 6.07 Å². The van der Waals surface area contributed by atoms with Crippen LogP contribution >= 0.6 is 0 Å². The van der Waals surface area contributed by atoms with Crippen molar-refractivity contribution >= 4 is 5.97 Å². The number of carbonyl (C=O) groups is 1. The number of fused-ring (bicyclic) bond motifs is 1. The molecule has 1 heterocycles.